The summed E-state index contributed by atoms with van der Waals surface area (Å²) in [5.41, 5.74) is 43.5. The van der Waals surface area contributed by atoms with Crippen LogP contribution in [0.4, 0.5) is 34.1 Å². The maximum Gasteiger partial charge on any atom is 0.0720 e. The SMILES string of the molecule is CC1(C)c2ccccc2C2(c3ccccc3-c3cc(-c4ccc(N(c5ccc(-c6ccccc6)cc5)c5ccc(-c6cccc7c6sc6ccccc67)cc5)cc4)ccc32)c2ccccc21.c1ccc(-c2ccc(N(c3ccc(-c4ccc5c(c4)-c4ccccc4C54c5ccccc5C(c5ccccc5)(c5ccccc5)c5ccccc54)cc3)c3ccc(-c4cccc5c4sc4ccccc45)cc3)cc2)cc1. The van der Waals surface area contributed by atoms with E-state index in [1.54, 1.807) is 0 Å². The molecule has 4 aliphatic rings. The highest BCUT2D eigenvalue weighted by molar-refractivity contribution is 7.26. The number of thiophene rings is 2. The Hall–Kier alpha value is -17.1. The lowest BCUT2D eigenvalue weighted by Crippen LogP contribution is -2.44. The van der Waals surface area contributed by atoms with E-state index in [4.69, 9.17) is 0 Å². The lowest BCUT2D eigenvalue weighted by atomic mass is 9.51. The minimum absolute atomic E-state index is 0.119. The minimum atomic E-state index is -0.537. The molecule has 22 aromatic carbocycles. The van der Waals surface area contributed by atoms with Gasteiger partial charge in [-0.05, 0) is 264 Å². The molecule has 0 atom stereocenters. The fourth-order valence-electron chi connectivity index (χ4n) is 24.7. The van der Waals surface area contributed by atoms with E-state index >= 15 is 0 Å². The van der Waals surface area contributed by atoms with Crippen LogP contribution in [0.1, 0.15) is 91.7 Å². The fraction of sp³-hybridized carbons (Fsp3) is 0.0435. The standard InChI is InChI=1S/C74H49NS.C64H45NS/c1-4-19-50(20-5-1)51-35-42-57(43-36-51)75(59-46-39-53(40-47-59)60-27-18-28-63-62-26-11-17-34-71(62)76-72(60)63)58-44-37-52(38-45-58)54-41-48-66-64(49-54)61-25-10-12-29-65(61)74(66)69-32-15-13-30-67(69)73(55-21-6-2-7-22-55,56-23-8-3-9-24-56)68-31-14-16-33-70(68)74;1-63(2)57-22-9-11-24-59(57)64(60-25-12-10-23-58(60)63)55-21-8-6-17-51(55)54-41-46(33-40-56(54)64)44-29-36-48(37-30-44)65(47-34-27-43(28-35-47)42-15-4-3-5-16-42)49-38-31-45(32-39-49)50-19-14-20-53-52-18-7-13-26-61(52)66-62(50)53/h1-49H;3-41H,1-2H3. The number of hydrogen-bond donors (Lipinski definition) is 0. The van der Waals surface area contributed by atoms with Crippen LogP contribution < -0.4 is 9.80 Å². The average Bonchev–Trinajstić information content (AvgIpc) is 1.43. The van der Waals surface area contributed by atoms with Gasteiger partial charge in [-0.15, -0.1) is 22.7 Å². The Morgan fingerprint density at radius 3 is 0.732 bits per heavy atom. The van der Waals surface area contributed by atoms with Crippen molar-refractivity contribution in [2.24, 2.45) is 0 Å². The van der Waals surface area contributed by atoms with E-state index in [9.17, 15) is 0 Å². The van der Waals surface area contributed by atoms with Crippen LogP contribution in [0, 0.1) is 0 Å². The summed E-state index contributed by atoms with van der Waals surface area (Å²) in [6.45, 7) is 4.77. The van der Waals surface area contributed by atoms with Crippen LogP contribution in [0.25, 0.3) is 129 Å². The van der Waals surface area contributed by atoms with Gasteiger partial charge in [0.05, 0.1) is 16.2 Å². The zero-order valence-electron chi connectivity index (χ0n) is 78.5. The minimum Gasteiger partial charge on any atom is -0.311 e. The number of anilines is 6. The number of benzene rings is 22. The Balaban J connectivity index is 0.000000143. The quantitative estimate of drug-likeness (QED) is 0.107. The van der Waals surface area contributed by atoms with Crippen molar-refractivity contribution in [1.82, 2.24) is 0 Å². The molecule has 0 bridgehead atoms. The zero-order valence-corrected chi connectivity index (χ0v) is 80.2. The van der Waals surface area contributed by atoms with Gasteiger partial charge in [-0.2, -0.15) is 0 Å². The second-order valence-electron chi connectivity index (χ2n) is 38.6. The molecule has 0 saturated heterocycles. The van der Waals surface area contributed by atoms with Crippen molar-refractivity contribution in [3.63, 3.8) is 0 Å². The summed E-state index contributed by atoms with van der Waals surface area (Å²) in [5, 5.41) is 5.27. The normalized spacial score (nSPS) is 13.6. The van der Waals surface area contributed by atoms with Gasteiger partial charge >= 0.3 is 0 Å². The molecule has 0 saturated carbocycles. The molecule has 0 radical (unpaired) electrons. The van der Waals surface area contributed by atoms with E-state index in [2.05, 4.69) is 557 Å². The molecule has 0 unspecified atom stereocenters. The second kappa shape index (κ2) is 33.9. The largest absolute Gasteiger partial charge is 0.311 e. The van der Waals surface area contributed by atoms with Gasteiger partial charge in [0.2, 0.25) is 0 Å². The third-order valence-corrected chi connectivity index (χ3v) is 33.5. The zero-order chi connectivity index (χ0) is 94.2. The monoisotopic (exact) mass is 1840 g/mol. The highest BCUT2D eigenvalue weighted by Crippen LogP contribution is 2.67. The summed E-state index contributed by atoms with van der Waals surface area (Å²) < 4.78 is 5.30. The van der Waals surface area contributed by atoms with Gasteiger partial charge in [-0.3, -0.25) is 0 Å². The third-order valence-electron chi connectivity index (χ3n) is 31.0. The molecule has 0 aliphatic heterocycles. The lowest BCUT2D eigenvalue weighted by Gasteiger charge is -2.50. The third kappa shape index (κ3) is 13.1. The molecule has 2 nitrogen and oxygen atoms in total. The van der Waals surface area contributed by atoms with E-state index in [1.807, 2.05) is 22.7 Å². The van der Waals surface area contributed by atoms with Crippen LogP contribution in [0.15, 0.2) is 534 Å². The van der Waals surface area contributed by atoms with Crippen LogP contribution >= 0.6 is 22.7 Å². The molecule has 668 valence electrons. The van der Waals surface area contributed by atoms with Gasteiger partial charge in [0, 0.05) is 79.9 Å². The number of rotatable bonds is 14. The van der Waals surface area contributed by atoms with Gasteiger partial charge in [0.15, 0.2) is 0 Å². The first kappa shape index (κ1) is 84.2. The predicted octanol–water partition coefficient (Wildman–Crippen LogP) is 37.1. The van der Waals surface area contributed by atoms with Crippen molar-refractivity contribution in [3.8, 4) is 89.0 Å². The van der Waals surface area contributed by atoms with Crippen molar-refractivity contribution in [2.75, 3.05) is 9.80 Å². The molecule has 2 spiro atoms. The van der Waals surface area contributed by atoms with Crippen LogP contribution in [0.5, 0.6) is 0 Å². The van der Waals surface area contributed by atoms with Crippen molar-refractivity contribution in [2.45, 2.75) is 35.5 Å². The smallest absolute Gasteiger partial charge is 0.0720 e. The van der Waals surface area contributed by atoms with E-state index in [0.717, 1.165) is 34.1 Å². The van der Waals surface area contributed by atoms with Gasteiger partial charge < -0.3 is 9.80 Å². The first-order chi connectivity index (χ1) is 70.2. The first-order valence-electron chi connectivity index (χ1n) is 49.3. The molecular weight excluding hydrogens is 1750 g/mol. The highest BCUT2D eigenvalue weighted by atomic mass is 32.1. The van der Waals surface area contributed by atoms with Gasteiger partial charge in [-0.25, -0.2) is 0 Å². The Labute approximate surface area is 836 Å². The number of nitrogens with zero attached hydrogens (tertiary/aromatic N) is 2. The predicted molar refractivity (Wildman–Crippen MR) is 599 cm³/mol. The van der Waals surface area contributed by atoms with E-state index < -0.39 is 16.2 Å². The molecule has 2 heterocycles. The summed E-state index contributed by atoms with van der Waals surface area (Å²) >= 11 is 3.76. The van der Waals surface area contributed by atoms with Crippen molar-refractivity contribution in [3.05, 3.63) is 612 Å². The van der Waals surface area contributed by atoms with E-state index in [-0.39, 0.29) is 5.41 Å². The number of hydrogen-bond acceptors (Lipinski definition) is 4. The second-order valence-corrected chi connectivity index (χ2v) is 40.8. The van der Waals surface area contributed by atoms with Gasteiger partial charge in [0.25, 0.3) is 0 Å². The summed E-state index contributed by atoms with van der Waals surface area (Å²) in [7, 11) is 0. The van der Waals surface area contributed by atoms with Gasteiger partial charge in [0.1, 0.15) is 0 Å². The van der Waals surface area contributed by atoms with Crippen molar-refractivity contribution in [1.29, 1.82) is 0 Å². The Bertz CT molecular complexity index is 8870. The summed E-state index contributed by atoms with van der Waals surface area (Å²) in [6.07, 6.45) is 0. The molecule has 0 amide bonds. The maximum absolute atomic E-state index is 2.45. The molecule has 28 rings (SSSR count). The molecule has 24 aromatic rings. The molecule has 4 heteroatoms. The molecule has 0 N–H and O–H groups in total. The van der Waals surface area contributed by atoms with Crippen LogP contribution in [-0.4, -0.2) is 0 Å². The summed E-state index contributed by atoms with van der Waals surface area (Å²) in [4.78, 5) is 4.76. The summed E-state index contributed by atoms with van der Waals surface area (Å²) in [6, 6.07) is 199. The van der Waals surface area contributed by atoms with Crippen LogP contribution in [-0.2, 0) is 21.7 Å². The maximum atomic E-state index is 2.45. The summed E-state index contributed by atoms with van der Waals surface area (Å²) in [5.74, 6) is 0. The van der Waals surface area contributed by atoms with Crippen molar-refractivity contribution < 1.29 is 0 Å². The molecule has 142 heavy (non-hydrogen) atoms. The lowest BCUT2D eigenvalue weighted by molar-refractivity contribution is 0.563. The molecular formula is C138H94N2S2. The van der Waals surface area contributed by atoms with Crippen molar-refractivity contribution >= 4 is 97.1 Å². The molecule has 0 fully saturated rings. The van der Waals surface area contributed by atoms with Gasteiger partial charge in [-0.1, -0.05) is 451 Å². The van der Waals surface area contributed by atoms with E-state index in [1.165, 1.54) is 207 Å². The van der Waals surface area contributed by atoms with E-state index in [0.29, 0.717) is 0 Å². The van der Waals surface area contributed by atoms with Crippen LogP contribution in [0.3, 0.4) is 0 Å². The highest BCUT2D eigenvalue weighted by Gasteiger charge is 2.58. The Kier molecular flexibility index (Phi) is 20.1. The number of fused-ring (bicyclic) bond motifs is 24. The average molecular weight is 1840 g/mol. The first-order valence-corrected chi connectivity index (χ1v) is 50.9. The molecule has 4 aliphatic carbocycles. The fourth-order valence-corrected chi connectivity index (χ4v) is 27.2. The molecule has 2 aromatic heterocycles. The Morgan fingerprint density at radius 1 is 0.155 bits per heavy atom. The Morgan fingerprint density at radius 2 is 0.387 bits per heavy atom. The topological polar surface area (TPSA) is 6.48 Å². The van der Waals surface area contributed by atoms with Crippen LogP contribution in [0.2, 0.25) is 0 Å².